The van der Waals surface area contributed by atoms with Crippen molar-refractivity contribution in [2.75, 3.05) is 32.9 Å². The Morgan fingerprint density at radius 3 is 2.79 bits per heavy atom. The molecule has 1 spiro atoms. The van der Waals surface area contributed by atoms with Crippen LogP contribution in [0, 0.1) is 23.7 Å². The Labute approximate surface area is 114 Å². The van der Waals surface area contributed by atoms with Crippen molar-refractivity contribution in [1.29, 1.82) is 0 Å². The zero-order valence-electron chi connectivity index (χ0n) is 11.6. The van der Waals surface area contributed by atoms with Crippen molar-refractivity contribution in [3.8, 4) is 0 Å². The summed E-state index contributed by atoms with van der Waals surface area (Å²) in [6.07, 6.45) is 3.38. The fourth-order valence-electron chi connectivity index (χ4n) is 4.33. The second kappa shape index (κ2) is 4.19. The van der Waals surface area contributed by atoms with Gasteiger partial charge in [-0.2, -0.15) is 0 Å². The highest BCUT2D eigenvalue weighted by molar-refractivity contribution is 5.83. The van der Waals surface area contributed by atoms with Crippen LogP contribution < -0.4 is 0 Å². The van der Waals surface area contributed by atoms with Crippen LogP contribution in [-0.2, 0) is 14.3 Å². The molecule has 1 amide bonds. The maximum atomic E-state index is 12.5. The highest BCUT2D eigenvalue weighted by Gasteiger charge is 2.60. The summed E-state index contributed by atoms with van der Waals surface area (Å²) in [5.41, 5.74) is -0.00314. The molecule has 4 nitrogen and oxygen atoms in total. The Balaban J connectivity index is 1.38. The molecule has 106 valence electrons. The van der Waals surface area contributed by atoms with Crippen molar-refractivity contribution in [3.63, 3.8) is 0 Å². The molecule has 4 rings (SSSR count). The number of carbonyl (C=O) groups excluding carboxylic acids is 1. The van der Waals surface area contributed by atoms with Crippen molar-refractivity contribution in [1.82, 2.24) is 4.90 Å². The number of carbonyl (C=O) groups is 1. The summed E-state index contributed by atoms with van der Waals surface area (Å²) in [6.45, 7) is 6.45. The molecule has 4 fully saturated rings. The minimum Gasteiger partial charge on any atom is -0.381 e. The summed E-state index contributed by atoms with van der Waals surface area (Å²) >= 11 is 0. The first-order chi connectivity index (χ1) is 9.22. The van der Waals surface area contributed by atoms with E-state index in [4.69, 9.17) is 9.47 Å². The van der Waals surface area contributed by atoms with Crippen LogP contribution in [0.1, 0.15) is 26.2 Å². The summed E-state index contributed by atoms with van der Waals surface area (Å²) in [5.74, 6) is 2.39. The van der Waals surface area contributed by atoms with E-state index in [0.717, 1.165) is 45.8 Å². The minimum atomic E-state index is -0.00314. The average Bonchev–Trinajstić information content (AvgIpc) is 2.91. The number of ether oxygens (including phenoxy) is 2. The first-order valence-electron chi connectivity index (χ1n) is 7.73. The molecule has 3 heterocycles. The van der Waals surface area contributed by atoms with E-state index in [1.165, 1.54) is 6.42 Å². The Morgan fingerprint density at radius 1 is 1.32 bits per heavy atom. The van der Waals surface area contributed by atoms with Gasteiger partial charge in [-0.05, 0) is 30.6 Å². The molecule has 0 aromatic rings. The van der Waals surface area contributed by atoms with Crippen molar-refractivity contribution < 1.29 is 14.3 Å². The fourth-order valence-corrected chi connectivity index (χ4v) is 4.33. The van der Waals surface area contributed by atoms with E-state index in [-0.39, 0.29) is 11.5 Å². The highest BCUT2D eigenvalue weighted by Crippen LogP contribution is 2.52. The lowest BCUT2D eigenvalue weighted by Gasteiger charge is -2.24. The average molecular weight is 265 g/mol. The molecular weight excluding hydrogens is 242 g/mol. The molecular formula is C15H23NO3. The van der Waals surface area contributed by atoms with E-state index in [1.54, 1.807) is 0 Å². The third-order valence-electron chi connectivity index (χ3n) is 5.73. The van der Waals surface area contributed by atoms with Crippen molar-refractivity contribution in [2.24, 2.45) is 23.7 Å². The predicted octanol–water partition coefficient (Wildman–Crippen LogP) is 1.30. The largest absolute Gasteiger partial charge is 0.381 e. The topological polar surface area (TPSA) is 38.8 Å². The number of fused-ring (bicyclic) bond motifs is 1. The van der Waals surface area contributed by atoms with Gasteiger partial charge in [-0.1, -0.05) is 13.3 Å². The number of amides is 1. The normalized spacial score (nSPS) is 47.9. The van der Waals surface area contributed by atoms with Gasteiger partial charge in [0, 0.05) is 19.0 Å². The van der Waals surface area contributed by atoms with Crippen molar-refractivity contribution in [3.05, 3.63) is 0 Å². The second-order valence-electron chi connectivity index (χ2n) is 6.87. The van der Waals surface area contributed by atoms with Gasteiger partial charge in [0.05, 0.1) is 25.4 Å². The summed E-state index contributed by atoms with van der Waals surface area (Å²) in [4.78, 5) is 14.6. The molecule has 5 atom stereocenters. The quantitative estimate of drug-likeness (QED) is 0.755. The SMILES string of the molecule is CCC1COC2(CCN(C(=O)C3[C@H]4COC[C@@H]34)C2)C1. The smallest absolute Gasteiger partial charge is 0.226 e. The van der Waals surface area contributed by atoms with E-state index >= 15 is 0 Å². The first kappa shape index (κ1) is 12.2. The first-order valence-corrected chi connectivity index (χ1v) is 7.73. The molecule has 0 aromatic heterocycles. The number of rotatable bonds is 2. The van der Waals surface area contributed by atoms with Crippen LogP contribution in [0.3, 0.4) is 0 Å². The molecule has 0 radical (unpaired) electrons. The van der Waals surface area contributed by atoms with Gasteiger partial charge in [-0.3, -0.25) is 4.79 Å². The van der Waals surface area contributed by atoms with Crippen LogP contribution in [0.4, 0.5) is 0 Å². The van der Waals surface area contributed by atoms with Crippen molar-refractivity contribution >= 4 is 5.91 Å². The van der Waals surface area contributed by atoms with Gasteiger partial charge in [0.25, 0.3) is 0 Å². The lowest BCUT2D eigenvalue weighted by Crippen LogP contribution is -2.37. The van der Waals surface area contributed by atoms with Gasteiger partial charge in [0.1, 0.15) is 0 Å². The standard InChI is InChI=1S/C15H23NO3/c1-2-10-5-15(19-6-10)3-4-16(9-15)14(17)13-11-7-18-8-12(11)13/h10-13H,2-9H2,1H3/t10?,11-,12+,13?,15?. The van der Waals surface area contributed by atoms with E-state index < -0.39 is 0 Å². The molecule has 1 saturated carbocycles. The summed E-state index contributed by atoms with van der Waals surface area (Å²) in [5, 5.41) is 0. The van der Waals surface area contributed by atoms with Gasteiger partial charge in [-0.25, -0.2) is 0 Å². The summed E-state index contributed by atoms with van der Waals surface area (Å²) < 4.78 is 11.4. The third kappa shape index (κ3) is 1.83. The van der Waals surface area contributed by atoms with Crippen LogP contribution >= 0.6 is 0 Å². The number of likely N-dealkylation sites (tertiary alicyclic amines) is 1. The molecule has 4 heteroatoms. The van der Waals surface area contributed by atoms with E-state index in [2.05, 4.69) is 11.8 Å². The molecule has 1 aliphatic carbocycles. The van der Waals surface area contributed by atoms with Gasteiger partial charge in [0.2, 0.25) is 5.91 Å². The lowest BCUT2D eigenvalue weighted by atomic mass is 9.92. The van der Waals surface area contributed by atoms with Crippen LogP contribution in [0.5, 0.6) is 0 Å². The molecule has 0 bridgehead atoms. The van der Waals surface area contributed by atoms with Gasteiger partial charge < -0.3 is 14.4 Å². The Hall–Kier alpha value is -0.610. The molecule has 19 heavy (non-hydrogen) atoms. The van der Waals surface area contributed by atoms with Crippen LogP contribution in [0.15, 0.2) is 0 Å². The second-order valence-corrected chi connectivity index (χ2v) is 6.87. The van der Waals surface area contributed by atoms with Crippen LogP contribution in [-0.4, -0.2) is 49.3 Å². The molecule has 0 aromatic carbocycles. The van der Waals surface area contributed by atoms with Crippen molar-refractivity contribution in [2.45, 2.75) is 31.8 Å². The summed E-state index contributed by atoms with van der Waals surface area (Å²) in [6, 6.07) is 0. The lowest BCUT2D eigenvalue weighted by molar-refractivity contribution is -0.134. The molecule has 0 N–H and O–H groups in total. The Kier molecular flexibility index (Phi) is 2.68. The van der Waals surface area contributed by atoms with E-state index in [9.17, 15) is 4.79 Å². The maximum absolute atomic E-state index is 12.5. The van der Waals surface area contributed by atoms with E-state index in [1.807, 2.05) is 0 Å². The Morgan fingerprint density at radius 2 is 2.11 bits per heavy atom. The fraction of sp³-hybridized carbons (Fsp3) is 0.933. The highest BCUT2D eigenvalue weighted by atomic mass is 16.5. The van der Waals surface area contributed by atoms with E-state index in [0.29, 0.717) is 23.7 Å². The molecule has 4 aliphatic rings. The maximum Gasteiger partial charge on any atom is 0.226 e. The summed E-state index contributed by atoms with van der Waals surface area (Å²) in [7, 11) is 0. The monoisotopic (exact) mass is 265 g/mol. The predicted molar refractivity (Wildman–Crippen MR) is 69.6 cm³/mol. The minimum absolute atomic E-state index is 0.00314. The van der Waals surface area contributed by atoms with Crippen LogP contribution in [0.2, 0.25) is 0 Å². The molecule has 3 unspecified atom stereocenters. The molecule has 3 aliphatic heterocycles. The Bertz CT molecular complexity index is 389. The van der Waals surface area contributed by atoms with Gasteiger partial charge >= 0.3 is 0 Å². The number of nitrogens with zero attached hydrogens (tertiary/aromatic N) is 1. The molecule has 3 saturated heterocycles. The third-order valence-corrected chi connectivity index (χ3v) is 5.73. The van der Waals surface area contributed by atoms with Gasteiger partial charge in [0.15, 0.2) is 0 Å². The number of hydrogen-bond acceptors (Lipinski definition) is 3. The van der Waals surface area contributed by atoms with Gasteiger partial charge in [-0.15, -0.1) is 0 Å². The zero-order chi connectivity index (χ0) is 13.0. The van der Waals surface area contributed by atoms with Crippen LogP contribution in [0.25, 0.3) is 0 Å². The number of hydrogen-bond donors (Lipinski definition) is 0. The zero-order valence-corrected chi connectivity index (χ0v) is 11.6.